The van der Waals surface area contributed by atoms with E-state index in [0.29, 0.717) is 0 Å². The minimum atomic E-state index is -1.81. The van der Waals surface area contributed by atoms with Crippen LogP contribution < -0.4 is 0 Å². The fraction of sp³-hybridized carbons (Fsp3) is 0.833. The molecule has 0 saturated heterocycles. The maximum absolute atomic E-state index is 12.4. The number of carboxylic acid groups (broad SMARTS) is 1. The van der Waals surface area contributed by atoms with E-state index in [-0.39, 0.29) is 4.75 Å². The van der Waals surface area contributed by atoms with Gasteiger partial charge in [-0.3, -0.25) is 0 Å². The first-order valence-corrected chi connectivity index (χ1v) is 3.75. The van der Waals surface area contributed by atoms with Gasteiger partial charge in [0, 0.05) is 4.75 Å². The van der Waals surface area contributed by atoms with Crippen LogP contribution >= 0.6 is 11.8 Å². The number of thioether (sulfide) groups is 1. The lowest BCUT2D eigenvalue weighted by Crippen LogP contribution is -2.19. The highest BCUT2D eigenvalue weighted by Crippen LogP contribution is 2.28. The number of hydrogen-bond acceptors (Lipinski definition) is 2. The summed E-state index contributed by atoms with van der Waals surface area (Å²) in [4.78, 5) is 9.98. The molecule has 0 aromatic heterocycles. The van der Waals surface area contributed by atoms with Crippen molar-refractivity contribution in [2.45, 2.75) is 31.0 Å². The van der Waals surface area contributed by atoms with Crippen LogP contribution in [0.5, 0.6) is 0 Å². The average molecular weight is 166 g/mol. The zero-order valence-electron chi connectivity index (χ0n) is 6.22. The summed E-state index contributed by atoms with van der Waals surface area (Å²) in [6.45, 7) is 5.31. The highest BCUT2D eigenvalue weighted by Gasteiger charge is 2.23. The standard InChI is InChI=1S/C6H11FO2S/c1-6(2,3)10-4(7)5(8)9/h4H,1-3H3,(H,8,9). The molecular formula is C6H11FO2S. The molecule has 0 fully saturated rings. The van der Waals surface area contributed by atoms with Gasteiger partial charge in [-0.2, -0.15) is 0 Å². The largest absolute Gasteiger partial charge is 0.478 e. The Bertz CT molecular complexity index is 130. The molecule has 0 aromatic rings. The molecule has 0 saturated carbocycles. The smallest absolute Gasteiger partial charge is 0.348 e. The highest BCUT2D eigenvalue weighted by atomic mass is 32.2. The zero-order valence-corrected chi connectivity index (χ0v) is 7.04. The number of carbonyl (C=O) groups is 1. The monoisotopic (exact) mass is 166 g/mol. The lowest BCUT2D eigenvalue weighted by Gasteiger charge is -2.17. The van der Waals surface area contributed by atoms with Crippen molar-refractivity contribution in [2.75, 3.05) is 0 Å². The van der Waals surface area contributed by atoms with E-state index in [1.54, 1.807) is 20.8 Å². The highest BCUT2D eigenvalue weighted by molar-refractivity contribution is 8.01. The Morgan fingerprint density at radius 1 is 1.60 bits per heavy atom. The first-order chi connectivity index (χ1) is 4.33. The van der Waals surface area contributed by atoms with Crippen LogP contribution in [0, 0.1) is 0 Å². The van der Waals surface area contributed by atoms with Crippen LogP contribution in [0.2, 0.25) is 0 Å². The number of hydrogen-bond donors (Lipinski definition) is 1. The average Bonchev–Trinajstić information content (AvgIpc) is 1.60. The molecule has 0 bridgehead atoms. The molecule has 0 amide bonds. The Labute approximate surface area is 63.8 Å². The van der Waals surface area contributed by atoms with Crippen LogP contribution in [-0.2, 0) is 4.79 Å². The van der Waals surface area contributed by atoms with Gasteiger partial charge >= 0.3 is 5.97 Å². The number of rotatable bonds is 2. The summed E-state index contributed by atoms with van der Waals surface area (Å²) in [6.07, 6.45) is 0. The molecule has 1 atom stereocenters. The van der Waals surface area contributed by atoms with Crippen molar-refractivity contribution in [2.24, 2.45) is 0 Å². The first-order valence-electron chi connectivity index (χ1n) is 2.87. The molecule has 1 unspecified atom stereocenters. The molecular weight excluding hydrogens is 155 g/mol. The molecule has 0 aliphatic carbocycles. The van der Waals surface area contributed by atoms with Crippen molar-refractivity contribution >= 4 is 17.7 Å². The van der Waals surface area contributed by atoms with E-state index >= 15 is 0 Å². The molecule has 0 aliphatic rings. The Kier molecular flexibility index (Phi) is 3.15. The van der Waals surface area contributed by atoms with Crippen LogP contribution in [0.1, 0.15) is 20.8 Å². The molecule has 60 valence electrons. The van der Waals surface area contributed by atoms with Gasteiger partial charge in [0.05, 0.1) is 0 Å². The van der Waals surface area contributed by atoms with Crippen LogP contribution in [0.3, 0.4) is 0 Å². The first kappa shape index (κ1) is 9.75. The third-order valence-corrected chi connectivity index (χ3v) is 1.77. The fourth-order valence-electron chi connectivity index (χ4n) is 0.361. The van der Waals surface area contributed by atoms with E-state index in [4.69, 9.17) is 5.11 Å². The van der Waals surface area contributed by atoms with Crippen LogP contribution in [-0.4, -0.2) is 21.3 Å². The van der Waals surface area contributed by atoms with Gasteiger partial charge in [0.25, 0.3) is 0 Å². The summed E-state index contributed by atoms with van der Waals surface area (Å²) in [5, 5.41) is 8.15. The Morgan fingerprint density at radius 3 is 2.10 bits per heavy atom. The second-order valence-electron chi connectivity index (χ2n) is 2.88. The molecule has 10 heavy (non-hydrogen) atoms. The third kappa shape index (κ3) is 4.61. The second-order valence-corrected chi connectivity index (χ2v) is 4.76. The predicted molar refractivity (Wildman–Crippen MR) is 39.9 cm³/mol. The van der Waals surface area contributed by atoms with Crippen molar-refractivity contribution in [3.8, 4) is 0 Å². The molecule has 1 N–H and O–H groups in total. The van der Waals surface area contributed by atoms with E-state index < -0.39 is 11.5 Å². The summed E-state index contributed by atoms with van der Waals surface area (Å²) >= 11 is 0.799. The van der Waals surface area contributed by atoms with Gasteiger partial charge in [-0.1, -0.05) is 20.8 Å². The van der Waals surface area contributed by atoms with E-state index in [9.17, 15) is 9.18 Å². The molecule has 0 spiro atoms. The maximum atomic E-state index is 12.4. The number of carboxylic acids is 1. The van der Waals surface area contributed by atoms with Gasteiger partial charge in [-0.05, 0) is 0 Å². The van der Waals surface area contributed by atoms with Gasteiger partial charge in [0.2, 0.25) is 5.50 Å². The molecule has 0 aromatic carbocycles. The number of halogens is 1. The summed E-state index contributed by atoms with van der Waals surface area (Å²) < 4.78 is 12.0. The molecule has 4 heteroatoms. The minimum Gasteiger partial charge on any atom is -0.478 e. The fourth-order valence-corrected chi connectivity index (χ4v) is 1.08. The van der Waals surface area contributed by atoms with Crippen LogP contribution in [0.4, 0.5) is 4.39 Å². The number of alkyl halides is 1. The van der Waals surface area contributed by atoms with Crippen molar-refractivity contribution in [3.05, 3.63) is 0 Å². The second kappa shape index (κ2) is 3.23. The van der Waals surface area contributed by atoms with Crippen molar-refractivity contribution in [1.82, 2.24) is 0 Å². The lowest BCUT2D eigenvalue weighted by molar-refractivity contribution is -0.139. The Hall–Kier alpha value is -0.250. The van der Waals surface area contributed by atoms with Crippen molar-refractivity contribution in [3.63, 3.8) is 0 Å². The molecule has 0 aliphatic heterocycles. The third-order valence-electron chi connectivity index (χ3n) is 0.651. The summed E-state index contributed by atoms with van der Waals surface area (Å²) in [5.41, 5.74) is -1.81. The lowest BCUT2D eigenvalue weighted by atomic mass is 10.3. The van der Waals surface area contributed by atoms with Gasteiger partial charge in [-0.25, -0.2) is 9.18 Å². The van der Waals surface area contributed by atoms with Gasteiger partial charge < -0.3 is 5.11 Å². The quantitative estimate of drug-likeness (QED) is 0.680. The van der Waals surface area contributed by atoms with Gasteiger partial charge in [0.1, 0.15) is 0 Å². The summed E-state index contributed by atoms with van der Waals surface area (Å²) in [5.74, 6) is -1.40. The topological polar surface area (TPSA) is 37.3 Å². The van der Waals surface area contributed by atoms with Crippen LogP contribution in [0.15, 0.2) is 0 Å². The van der Waals surface area contributed by atoms with E-state index in [1.807, 2.05) is 0 Å². The summed E-state index contributed by atoms with van der Waals surface area (Å²) in [7, 11) is 0. The van der Waals surface area contributed by atoms with E-state index in [2.05, 4.69) is 0 Å². The normalized spacial score (nSPS) is 14.8. The van der Waals surface area contributed by atoms with E-state index in [0.717, 1.165) is 11.8 Å². The SMILES string of the molecule is CC(C)(C)SC(F)C(=O)O. The van der Waals surface area contributed by atoms with E-state index in [1.165, 1.54) is 0 Å². The molecule has 0 heterocycles. The molecule has 0 rings (SSSR count). The van der Waals surface area contributed by atoms with Crippen molar-refractivity contribution in [1.29, 1.82) is 0 Å². The number of aliphatic carboxylic acids is 1. The van der Waals surface area contributed by atoms with Gasteiger partial charge in [0.15, 0.2) is 0 Å². The Balaban J connectivity index is 3.80. The van der Waals surface area contributed by atoms with Crippen molar-refractivity contribution < 1.29 is 14.3 Å². The maximum Gasteiger partial charge on any atom is 0.348 e. The van der Waals surface area contributed by atoms with Gasteiger partial charge in [-0.15, -0.1) is 11.8 Å². The summed E-state index contributed by atoms with van der Waals surface area (Å²) in [6, 6.07) is 0. The molecule has 0 radical (unpaired) electrons. The molecule has 2 nitrogen and oxygen atoms in total. The van der Waals surface area contributed by atoms with Crippen LogP contribution in [0.25, 0.3) is 0 Å². The predicted octanol–water partition coefficient (Wildman–Crippen LogP) is 1.90. The zero-order chi connectivity index (χ0) is 8.36. The minimum absolute atomic E-state index is 0.336. The Morgan fingerprint density at radius 2 is 2.00 bits per heavy atom.